The summed E-state index contributed by atoms with van der Waals surface area (Å²) in [4.78, 5) is 34.2. The summed E-state index contributed by atoms with van der Waals surface area (Å²) < 4.78 is 12.0. The molecule has 3 aromatic rings. The second-order valence-electron chi connectivity index (χ2n) is 13.4. The molecule has 0 unspecified atom stereocenters. The first-order chi connectivity index (χ1) is 19.6. The number of amides is 2. The highest BCUT2D eigenvalue weighted by Gasteiger charge is 2.43. The molecule has 2 amide bonds. The SMILES string of the molecule is CC(C)(C)OC(=O)Nc1cc(-c2cnccc2CCO[Si](C)(C)C(C)(C)C)cc2cc(NC(=O)[C@H]3C[C@@H]3C#N)ncc12. The molecule has 0 aliphatic heterocycles. The number of fused-ring (bicyclic) bond motifs is 1. The summed E-state index contributed by atoms with van der Waals surface area (Å²) in [6.07, 6.45) is 5.90. The van der Waals surface area contributed by atoms with Gasteiger partial charge in [0, 0.05) is 36.1 Å². The summed E-state index contributed by atoms with van der Waals surface area (Å²) in [5.74, 6) is -0.389. The van der Waals surface area contributed by atoms with Crippen LogP contribution < -0.4 is 10.6 Å². The van der Waals surface area contributed by atoms with Crippen molar-refractivity contribution in [1.29, 1.82) is 5.26 Å². The topological polar surface area (TPSA) is 126 Å². The fourth-order valence-corrected chi connectivity index (χ4v) is 5.42. The van der Waals surface area contributed by atoms with Gasteiger partial charge in [-0.25, -0.2) is 9.78 Å². The van der Waals surface area contributed by atoms with E-state index >= 15 is 0 Å². The normalized spacial score (nSPS) is 16.9. The molecule has 0 radical (unpaired) electrons. The van der Waals surface area contributed by atoms with Crippen LogP contribution in [0.2, 0.25) is 18.1 Å². The van der Waals surface area contributed by atoms with E-state index in [1.165, 1.54) is 0 Å². The van der Waals surface area contributed by atoms with Crippen molar-refractivity contribution in [1.82, 2.24) is 9.97 Å². The van der Waals surface area contributed by atoms with Crippen LogP contribution in [0.25, 0.3) is 21.9 Å². The zero-order chi connectivity index (χ0) is 30.9. The van der Waals surface area contributed by atoms with E-state index in [0.29, 0.717) is 36.3 Å². The Morgan fingerprint density at radius 3 is 2.48 bits per heavy atom. The minimum atomic E-state index is -1.91. The van der Waals surface area contributed by atoms with Crippen molar-refractivity contribution in [3.05, 3.63) is 48.4 Å². The molecule has 0 spiro atoms. The van der Waals surface area contributed by atoms with E-state index < -0.39 is 20.0 Å². The lowest BCUT2D eigenvalue weighted by Crippen LogP contribution is -2.41. The Kier molecular flexibility index (Phi) is 8.76. The highest BCUT2D eigenvalue weighted by molar-refractivity contribution is 6.74. The second kappa shape index (κ2) is 11.8. The summed E-state index contributed by atoms with van der Waals surface area (Å²) in [7, 11) is -1.91. The number of carbonyl (C=O) groups excluding carboxylic acids is 2. The number of aromatic nitrogens is 2. The molecule has 1 fully saturated rings. The Hall–Kier alpha value is -3.81. The molecule has 2 atom stereocenters. The Bertz CT molecular complexity index is 1530. The quantitative estimate of drug-likeness (QED) is 0.265. The Morgan fingerprint density at radius 1 is 1.10 bits per heavy atom. The molecule has 10 heteroatoms. The Labute approximate surface area is 249 Å². The lowest BCUT2D eigenvalue weighted by molar-refractivity contribution is -0.117. The Balaban J connectivity index is 1.69. The van der Waals surface area contributed by atoms with Gasteiger partial charge in [0.1, 0.15) is 11.4 Å². The highest BCUT2D eigenvalue weighted by Crippen LogP contribution is 2.39. The summed E-state index contributed by atoms with van der Waals surface area (Å²) in [5.41, 5.74) is 2.70. The number of nitriles is 1. The molecule has 42 heavy (non-hydrogen) atoms. The van der Waals surface area contributed by atoms with E-state index in [1.54, 1.807) is 18.5 Å². The third-order valence-corrected chi connectivity index (χ3v) is 12.4. The van der Waals surface area contributed by atoms with Gasteiger partial charge in [0.2, 0.25) is 5.91 Å². The first-order valence-electron chi connectivity index (χ1n) is 14.3. The molecule has 2 aromatic heterocycles. The number of nitrogens with one attached hydrogen (secondary N) is 2. The molecule has 1 aliphatic carbocycles. The molecule has 1 saturated carbocycles. The van der Waals surface area contributed by atoms with E-state index in [0.717, 1.165) is 22.1 Å². The molecule has 1 aliphatic rings. The van der Waals surface area contributed by atoms with Gasteiger partial charge in [0.05, 0.1) is 23.6 Å². The van der Waals surface area contributed by atoms with E-state index in [1.807, 2.05) is 45.2 Å². The van der Waals surface area contributed by atoms with Gasteiger partial charge in [0.25, 0.3) is 0 Å². The maximum absolute atomic E-state index is 12.8. The van der Waals surface area contributed by atoms with Gasteiger partial charge >= 0.3 is 6.09 Å². The number of pyridine rings is 2. The summed E-state index contributed by atoms with van der Waals surface area (Å²) in [6.45, 7) is 17.2. The van der Waals surface area contributed by atoms with E-state index in [-0.39, 0.29) is 22.8 Å². The highest BCUT2D eigenvalue weighted by atomic mass is 28.4. The summed E-state index contributed by atoms with van der Waals surface area (Å²) in [6, 6.07) is 9.80. The summed E-state index contributed by atoms with van der Waals surface area (Å²) in [5, 5.41) is 16.4. The number of nitrogens with zero attached hydrogens (tertiary/aromatic N) is 3. The average molecular weight is 588 g/mol. The molecule has 2 N–H and O–H groups in total. The molecular weight excluding hydrogens is 546 g/mol. The minimum Gasteiger partial charge on any atom is -0.444 e. The fraction of sp³-hybridized carbons (Fsp3) is 0.469. The molecule has 4 rings (SSSR count). The van der Waals surface area contributed by atoms with Gasteiger partial charge in [-0.15, -0.1) is 0 Å². The standard InChI is InChI=1S/C32H41N5O4Si/c1-31(2,3)41-30(39)36-27-15-21(25-18-34-11-9-20(25)10-12-40-42(7,8)32(4,5)6)13-22-16-28(35-19-26(22)27)37-29(38)24-14-23(24)17-33/h9,11,13,15-16,18-19,23-24H,10,12,14H2,1-8H3,(H,36,39)(H,35,37,38)/t23-,24+/m1/s1. The molecular formula is C32H41N5O4Si. The van der Waals surface area contributed by atoms with Crippen LogP contribution in [-0.2, 0) is 20.4 Å². The third-order valence-electron chi connectivity index (χ3n) is 7.88. The van der Waals surface area contributed by atoms with Crippen molar-refractivity contribution in [2.75, 3.05) is 17.2 Å². The molecule has 1 aromatic carbocycles. The van der Waals surface area contributed by atoms with Crippen molar-refractivity contribution < 1.29 is 18.8 Å². The van der Waals surface area contributed by atoms with Crippen LogP contribution in [-0.4, -0.2) is 42.5 Å². The van der Waals surface area contributed by atoms with Crippen molar-refractivity contribution in [3.8, 4) is 17.2 Å². The van der Waals surface area contributed by atoms with Crippen molar-refractivity contribution in [2.24, 2.45) is 11.8 Å². The maximum Gasteiger partial charge on any atom is 0.412 e. The van der Waals surface area contributed by atoms with E-state index in [4.69, 9.17) is 14.4 Å². The van der Waals surface area contributed by atoms with Gasteiger partial charge in [0.15, 0.2) is 8.32 Å². The number of anilines is 2. The van der Waals surface area contributed by atoms with Gasteiger partial charge in [-0.05, 0) is 92.5 Å². The number of hydrogen-bond acceptors (Lipinski definition) is 7. The smallest absolute Gasteiger partial charge is 0.412 e. The first kappa shape index (κ1) is 31.1. The maximum atomic E-state index is 12.8. The van der Waals surface area contributed by atoms with Crippen LogP contribution >= 0.6 is 0 Å². The number of benzene rings is 1. The van der Waals surface area contributed by atoms with Crippen LogP contribution in [0.3, 0.4) is 0 Å². The van der Waals surface area contributed by atoms with Gasteiger partial charge < -0.3 is 14.5 Å². The van der Waals surface area contributed by atoms with Crippen molar-refractivity contribution >= 4 is 42.6 Å². The number of ether oxygens (including phenoxy) is 1. The zero-order valence-electron chi connectivity index (χ0n) is 25.8. The lowest BCUT2D eigenvalue weighted by atomic mass is 9.97. The van der Waals surface area contributed by atoms with Crippen LogP contribution in [0.4, 0.5) is 16.3 Å². The van der Waals surface area contributed by atoms with Gasteiger partial charge in [-0.3, -0.25) is 15.1 Å². The van der Waals surface area contributed by atoms with Crippen molar-refractivity contribution in [2.45, 2.75) is 78.1 Å². The molecule has 2 heterocycles. The predicted octanol–water partition coefficient (Wildman–Crippen LogP) is 7.31. The van der Waals surface area contributed by atoms with Crippen LogP contribution in [0.5, 0.6) is 0 Å². The van der Waals surface area contributed by atoms with Crippen molar-refractivity contribution in [3.63, 3.8) is 0 Å². The Morgan fingerprint density at radius 2 is 1.83 bits per heavy atom. The van der Waals surface area contributed by atoms with E-state index in [2.05, 4.69) is 60.5 Å². The van der Waals surface area contributed by atoms with Crippen LogP contribution in [0.15, 0.2) is 42.9 Å². The number of carbonyl (C=O) groups is 2. The number of hydrogen-bond donors (Lipinski definition) is 2. The number of rotatable bonds is 8. The van der Waals surface area contributed by atoms with Crippen LogP contribution in [0, 0.1) is 23.2 Å². The largest absolute Gasteiger partial charge is 0.444 e. The van der Waals surface area contributed by atoms with Gasteiger partial charge in [-0.2, -0.15) is 5.26 Å². The monoisotopic (exact) mass is 587 g/mol. The van der Waals surface area contributed by atoms with Gasteiger partial charge in [-0.1, -0.05) is 20.8 Å². The lowest BCUT2D eigenvalue weighted by Gasteiger charge is -2.36. The molecule has 0 bridgehead atoms. The molecule has 9 nitrogen and oxygen atoms in total. The summed E-state index contributed by atoms with van der Waals surface area (Å²) >= 11 is 0. The fourth-order valence-electron chi connectivity index (χ4n) is 4.38. The third kappa shape index (κ3) is 7.52. The molecule has 0 saturated heterocycles. The predicted molar refractivity (Wildman–Crippen MR) is 168 cm³/mol. The first-order valence-corrected chi connectivity index (χ1v) is 17.2. The second-order valence-corrected chi connectivity index (χ2v) is 18.2. The molecule has 222 valence electrons. The zero-order valence-corrected chi connectivity index (χ0v) is 26.8. The van der Waals surface area contributed by atoms with E-state index in [9.17, 15) is 9.59 Å². The minimum absolute atomic E-state index is 0.116. The van der Waals surface area contributed by atoms with Crippen LogP contribution in [0.1, 0.15) is 53.5 Å². The average Bonchev–Trinajstić information content (AvgIpc) is 3.67.